The van der Waals surface area contributed by atoms with Crippen molar-refractivity contribution in [3.05, 3.63) is 12.5 Å². The molecule has 7 nitrogen and oxygen atoms in total. The second-order valence-corrected chi connectivity index (χ2v) is 6.13. The van der Waals surface area contributed by atoms with Crippen molar-refractivity contribution in [1.29, 1.82) is 0 Å². The Hall–Kier alpha value is -1.41. The minimum atomic E-state index is -3.57. The van der Waals surface area contributed by atoms with E-state index in [0.29, 0.717) is 13.1 Å². The number of hydrogen-bond acceptors (Lipinski definition) is 4. The Morgan fingerprint density at radius 2 is 2.00 bits per heavy atom. The molecule has 0 aliphatic carbocycles. The zero-order valence-corrected chi connectivity index (χ0v) is 10.6. The first-order chi connectivity index (χ1) is 8.50. The summed E-state index contributed by atoms with van der Waals surface area (Å²) in [5, 5.41) is 8.54. The Morgan fingerprint density at radius 1 is 1.33 bits per heavy atom. The number of carboxylic acids is 1. The molecule has 1 N–H and O–H groups in total. The fraction of sp³-hybridized carbons (Fsp3) is 0.600. The molecular formula is C10H15N3O4S. The van der Waals surface area contributed by atoms with E-state index in [1.54, 1.807) is 0 Å². The summed E-state index contributed by atoms with van der Waals surface area (Å²) in [4.78, 5) is 14.3. The van der Waals surface area contributed by atoms with E-state index in [1.165, 1.54) is 21.4 Å². The second-order valence-electron chi connectivity index (χ2n) is 4.24. The molecule has 0 unspecified atom stereocenters. The average molecular weight is 273 g/mol. The number of aliphatic carboxylic acids is 1. The molecule has 1 saturated heterocycles. The van der Waals surface area contributed by atoms with Crippen molar-refractivity contribution >= 4 is 16.0 Å². The van der Waals surface area contributed by atoms with Crippen molar-refractivity contribution in [1.82, 2.24) is 13.9 Å². The summed E-state index contributed by atoms with van der Waals surface area (Å²) in [6, 6.07) is 0. The standard InChI is InChI=1S/C10H15N3O4S/c14-10(15)7-12-6-9(11-8-12)18(16,17)13-4-2-1-3-5-13/h6,8H,1-5,7H2,(H,14,15). The van der Waals surface area contributed by atoms with Crippen LogP contribution in [0.2, 0.25) is 0 Å². The summed E-state index contributed by atoms with van der Waals surface area (Å²) < 4.78 is 27.0. The molecule has 0 amide bonds. The molecule has 0 aromatic carbocycles. The second kappa shape index (κ2) is 5.07. The molecule has 0 spiro atoms. The van der Waals surface area contributed by atoms with Gasteiger partial charge in [0.2, 0.25) is 0 Å². The number of nitrogens with zero attached hydrogens (tertiary/aromatic N) is 3. The predicted molar refractivity (Wildman–Crippen MR) is 62.5 cm³/mol. The first-order valence-electron chi connectivity index (χ1n) is 5.74. The van der Waals surface area contributed by atoms with Gasteiger partial charge < -0.3 is 9.67 Å². The summed E-state index contributed by atoms with van der Waals surface area (Å²) in [5.41, 5.74) is 0. The van der Waals surface area contributed by atoms with Crippen LogP contribution in [0.15, 0.2) is 17.6 Å². The molecule has 8 heteroatoms. The van der Waals surface area contributed by atoms with Crippen molar-refractivity contribution in [3.8, 4) is 0 Å². The summed E-state index contributed by atoms with van der Waals surface area (Å²) in [6.45, 7) is 0.727. The molecule has 0 radical (unpaired) electrons. The van der Waals surface area contributed by atoms with Crippen LogP contribution < -0.4 is 0 Å². The minimum absolute atomic E-state index is 0.0781. The Balaban J connectivity index is 2.18. The van der Waals surface area contributed by atoms with Gasteiger partial charge in [-0.15, -0.1) is 0 Å². The lowest BCUT2D eigenvalue weighted by molar-refractivity contribution is -0.137. The summed E-state index contributed by atoms with van der Waals surface area (Å²) in [6.07, 6.45) is 5.24. The molecule has 1 aliphatic rings. The molecule has 18 heavy (non-hydrogen) atoms. The zero-order chi connectivity index (χ0) is 13.2. The number of aromatic nitrogens is 2. The molecule has 0 bridgehead atoms. The van der Waals surface area contributed by atoms with Crippen molar-refractivity contribution in [3.63, 3.8) is 0 Å². The van der Waals surface area contributed by atoms with E-state index in [-0.39, 0.29) is 11.6 Å². The van der Waals surface area contributed by atoms with E-state index in [0.717, 1.165) is 19.3 Å². The maximum atomic E-state index is 12.2. The fourth-order valence-electron chi connectivity index (χ4n) is 1.95. The van der Waals surface area contributed by atoms with Crippen LogP contribution in [0.25, 0.3) is 0 Å². The smallest absolute Gasteiger partial charge is 0.323 e. The lowest BCUT2D eigenvalue weighted by atomic mass is 10.2. The van der Waals surface area contributed by atoms with Gasteiger partial charge in [0.1, 0.15) is 6.54 Å². The van der Waals surface area contributed by atoms with Crippen LogP contribution in [0, 0.1) is 0 Å². The van der Waals surface area contributed by atoms with Crippen molar-refractivity contribution in [2.75, 3.05) is 13.1 Å². The van der Waals surface area contributed by atoms with Gasteiger partial charge >= 0.3 is 5.97 Å². The van der Waals surface area contributed by atoms with E-state index in [9.17, 15) is 13.2 Å². The molecule has 2 heterocycles. The Morgan fingerprint density at radius 3 is 2.61 bits per heavy atom. The third kappa shape index (κ3) is 2.70. The van der Waals surface area contributed by atoms with Gasteiger partial charge in [-0.25, -0.2) is 13.4 Å². The molecule has 0 saturated carbocycles. The van der Waals surface area contributed by atoms with Crippen LogP contribution in [0.3, 0.4) is 0 Å². The van der Waals surface area contributed by atoms with Gasteiger partial charge in [-0.05, 0) is 12.8 Å². The summed E-state index contributed by atoms with van der Waals surface area (Å²) >= 11 is 0. The minimum Gasteiger partial charge on any atom is -0.480 e. The van der Waals surface area contributed by atoms with Gasteiger partial charge in [0.05, 0.1) is 6.33 Å². The summed E-state index contributed by atoms with van der Waals surface area (Å²) in [7, 11) is -3.57. The Bertz CT molecular complexity index is 531. The van der Waals surface area contributed by atoms with Crippen LogP contribution in [-0.2, 0) is 21.4 Å². The largest absolute Gasteiger partial charge is 0.480 e. The first kappa shape index (κ1) is 13.0. The van der Waals surface area contributed by atoms with Crippen molar-refractivity contribution in [2.45, 2.75) is 30.8 Å². The third-order valence-corrected chi connectivity index (χ3v) is 4.63. The molecule has 0 atom stereocenters. The van der Waals surface area contributed by atoms with Gasteiger partial charge in [-0.2, -0.15) is 4.31 Å². The van der Waals surface area contributed by atoms with Gasteiger partial charge in [-0.1, -0.05) is 6.42 Å². The lowest BCUT2D eigenvalue weighted by Gasteiger charge is -2.24. The van der Waals surface area contributed by atoms with Crippen LogP contribution in [-0.4, -0.2) is 46.4 Å². The lowest BCUT2D eigenvalue weighted by Crippen LogP contribution is -2.35. The highest BCUT2D eigenvalue weighted by atomic mass is 32.2. The molecule has 2 rings (SSSR count). The van der Waals surface area contributed by atoms with Crippen molar-refractivity contribution in [2.24, 2.45) is 0 Å². The molecule has 1 aliphatic heterocycles. The SMILES string of the molecule is O=C(O)Cn1cnc(S(=O)(=O)N2CCCCC2)c1. The normalized spacial score (nSPS) is 17.8. The number of hydrogen-bond donors (Lipinski definition) is 1. The maximum Gasteiger partial charge on any atom is 0.323 e. The molecular weight excluding hydrogens is 258 g/mol. The Kier molecular flexibility index (Phi) is 3.67. The van der Waals surface area contributed by atoms with Gasteiger partial charge in [0.15, 0.2) is 5.03 Å². The van der Waals surface area contributed by atoms with E-state index >= 15 is 0 Å². The first-order valence-corrected chi connectivity index (χ1v) is 7.18. The molecule has 100 valence electrons. The van der Waals surface area contributed by atoms with Crippen LogP contribution in [0.5, 0.6) is 0 Å². The fourth-order valence-corrected chi connectivity index (χ4v) is 3.41. The highest BCUT2D eigenvalue weighted by Gasteiger charge is 2.27. The zero-order valence-electron chi connectivity index (χ0n) is 9.82. The number of sulfonamides is 1. The van der Waals surface area contributed by atoms with Crippen LogP contribution >= 0.6 is 0 Å². The van der Waals surface area contributed by atoms with E-state index < -0.39 is 16.0 Å². The highest BCUT2D eigenvalue weighted by molar-refractivity contribution is 7.89. The Labute approximate surface area is 105 Å². The quantitative estimate of drug-likeness (QED) is 0.842. The highest BCUT2D eigenvalue weighted by Crippen LogP contribution is 2.18. The molecule has 1 aromatic heterocycles. The predicted octanol–water partition coefficient (Wildman–Crippen LogP) is 0.142. The number of carbonyl (C=O) groups is 1. The number of carboxylic acid groups (broad SMARTS) is 1. The summed E-state index contributed by atoms with van der Waals surface area (Å²) in [5.74, 6) is -1.03. The number of piperidine rings is 1. The topological polar surface area (TPSA) is 92.5 Å². The van der Waals surface area contributed by atoms with E-state index in [1.807, 2.05) is 0 Å². The van der Waals surface area contributed by atoms with Crippen molar-refractivity contribution < 1.29 is 18.3 Å². The van der Waals surface area contributed by atoms with Gasteiger partial charge in [-0.3, -0.25) is 4.79 Å². The van der Waals surface area contributed by atoms with E-state index in [4.69, 9.17) is 5.11 Å². The number of imidazole rings is 1. The van der Waals surface area contributed by atoms with E-state index in [2.05, 4.69) is 4.98 Å². The van der Waals surface area contributed by atoms with Crippen LogP contribution in [0.4, 0.5) is 0 Å². The van der Waals surface area contributed by atoms with Crippen LogP contribution in [0.1, 0.15) is 19.3 Å². The number of rotatable bonds is 4. The molecule has 1 fully saturated rings. The third-order valence-electron chi connectivity index (χ3n) is 2.85. The monoisotopic (exact) mass is 273 g/mol. The van der Waals surface area contributed by atoms with Gasteiger partial charge in [0, 0.05) is 19.3 Å². The molecule has 1 aromatic rings. The average Bonchev–Trinajstić information content (AvgIpc) is 2.78. The van der Waals surface area contributed by atoms with Gasteiger partial charge in [0.25, 0.3) is 10.0 Å². The maximum absolute atomic E-state index is 12.2.